The zero-order chi connectivity index (χ0) is 15.8. The van der Waals surface area contributed by atoms with Crippen molar-refractivity contribution in [2.45, 2.75) is 20.0 Å². The van der Waals surface area contributed by atoms with Crippen LogP contribution >= 0.6 is 0 Å². The van der Waals surface area contributed by atoms with Gasteiger partial charge in [-0.15, -0.1) is 0 Å². The van der Waals surface area contributed by atoms with Gasteiger partial charge in [-0.3, -0.25) is 4.79 Å². The molecule has 2 aromatic carbocycles. The van der Waals surface area contributed by atoms with E-state index in [1.165, 1.54) is 0 Å². The second-order valence-electron chi connectivity index (χ2n) is 4.80. The lowest BCUT2D eigenvalue weighted by Crippen LogP contribution is -2.11. The fourth-order valence-electron chi connectivity index (χ4n) is 2.15. The standard InChI is InChI=1S/C18H21NO3/c1-2-21-17-10-6-9-15(16(20)11-12-19)18(17)22-13-14-7-4-3-5-8-14/h3-10H,2,11-13,19H2,1H3. The molecule has 0 saturated carbocycles. The molecule has 0 aliphatic rings. The second-order valence-corrected chi connectivity index (χ2v) is 4.80. The molecule has 22 heavy (non-hydrogen) atoms. The predicted octanol–water partition coefficient (Wildman–Crippen LogP) is 3.20. The van der Waals surface area contributed by atoms with Crippen LogP contribution < -0.4 is 15.2 Å². The van der Waals surface area contributed by atoms with Crippen LogP contribution in [-0.2, 0) is 6.61 Å². The van der Waals surface area contributed by atoms with Gasteiger partial charge < -0.3 is 15.2 Å². The van der Waals surface area contributed by atoms with Crippen LogP contribution in [0.25, 0.3) is 0 Å². The lowest BCUT2D eigenvalue weighted by Gasteiger charge is -2.15. The van der Waals surface area contributed by atoms with Gasteiger partial charge >= 0.3 is 0 Å². The third-order valence-electron chi connectivity index (χ3n) is 3.18. The van der Waals surface area contributed by atoms with Crippen molar-refractivity contribution in [3.8, 4) is 11.5 Å². The van der Waals surface area contributed by atoms with Crippen LogP contribution in [0.3, 0.4) is 0 Å². The lowest BCUT2D eigenvalue weighted by molar-refractivity contribution is 0.0980. The molecule has 0 aliphatic carbocycles. The lowest BCUT2D eigenvalue weighted by atomic mass is 10.1. The van der Waals surface area contributed by atoms with Gasteiger partial charge in [0.25, 0.3) is 0 Å². The van der Waals surface area contributed by atoms with Gasteiger partial charge in [-0.1, -0.05) is 36.4 Å². The topological polar surface area (TPSA) is 61.5 Å². The van der Waals surface area contributed by atoms with Crippen LogP contribution in [0.1, 0.15) is 29.3 Å². The molecule has 0 saturated heterocycles. The van der Waals surface area contributed by atoms with Gasteiger partial charge in [0.05, 0.1) is 12.2 Å². The van der Waals surface area contributed by atoms with Crippen LogP contribution in [0.2, 0.25) is 0 Å². The molecular weight excluding hydrogens is 278 g/mol. The number of benzene rings is 2. The summed E-state index contributed by atoms with van der Waals surface area (Å²) in [6, 6.07) is 15.2. The van der Waals surface area contributed by atoms with E-state index in [4.69, 9.17) is 15.2 Å². The van der Waals surface area contributed by atoms with Crippen molar-refractivity contribution in [2.75, 3.05) is 13.2 Å². The average Bonchev–Trinajstić information content (AvgIpc) is 2.55. The maximum absolute atomic E-state index is 12.2. The minimum atomic E-state index is -0.0351. The summed E-state index contributed by atoms with van der Waals surface area (Å²) < 4.78 is 11.5. The van der Waals surface area contributed by atoms with Crippen molar-refractivity contribution < 1.29 is 14.3 Å². The normalized spacial score (nSPS) is 10.3. The Bertz CT molecular complexity index is 611. The molecule has 0 aromatic heterocycles. The zero-order valence-corrected chi connectivity index (χ0v) is 12.7. The Hall–Kier alpha value is -2.33. The van der Waals surface area contributed by atoms with E-state index in [0.29, 0.717) is 36.8 Å². The number of hydrogen-bond acceptors (Lipinski definition) is 4. The van der Waals surface area contributed by atoms with E-state index in [9.17, 15) is 4.79 Å². The molecule has 0 unspecified atom stereocenters. The Morgan fingerprint density at radius 1 is 1.05 bits per heavy atom. The van der Waals surface area contributed by atoms with Crippen molar-refractivity contribution in [1.82, 2.24) is 0 Å². The molecule has 0 spiro atoms. The van der Waals surface area contributed by atoms with E-state index in [0.717, 1.165) is 5.56 Å². The van der Waals surface area contributed by atoms with E-state index in [1.807, 2.05) is 43.3 Å². The molecule has 0 aliphatic heterocycles. The molecule has 0 radical (unpaired) electrons. The van der Waals surface area contributed by atoms with E-state index >= 15 is 0 Å². The molecule has 2 N–H and O–H groups in total. The average molecular weight is 299 g/mol. The van der Waals surface area contributed by atoms with E-state index in [1.54, 1.807) is 12.1 Å². The number of nitrogens with two attached hydrogens (primary N) is 1. The maximum Gasteiger partial charge on any atom is 0.172 e. The predicted molar refractivity (Wildman–Crippen MR) is 86.4 cm³/mol. The zero-order valence-electron chi connectivity index (χ0n) is 12.7. The highest BCUT2D eigenvalue weighted by atomic mass is 16.5. The summed E-state index contributed by atoms with van der Waals surface area (Å²) in [6.45, 7) is 3.11. The largest absolute Gasteiger partial charge is 0.490 e. The molecule has 0 heterocycles. The summed E-state index contributed by atoms with van der Waals surface area (Å²) in [4.78, 5) is 12.2. The van der Waals surface area contributed by atoms with Crippen LogP contribution in [0.15, 0.2) is 48.5 Å². The molecular formula is C18H21NO3. The summed E-state index contributed by atoms with van der Waals surface area (Å²) in [5.41, 5.74) is 7.04. The molecule has 4 nitrogen and oxygen atoms in total. The number of ketones is 1. The summed E-state index contributed by atoms with van der Waals surface area (Å²) in [5, 5.41) is 0. The summed E-state index contributed by atoms with van der Waals surface area (Å²) in [7, 11) is 0. The quantitative estimate of drug-likeness (QED) is 0.760. The van der Waals surface area contributed by atoms with E-state index in [-0.39, 0.29) is 12.2 Å². The third-order valence-corrected chi connectivity index (χ3v) is 3.18. The van der Waals surface area contributed by atoms with Crippen LogP contribution in [0.4, 0.5) is 0 Å². The minimum Gasteiger partial charge on any atom is -0.490 e. The fraction of sp³-hybridized carbons (Fsp3) is 0.278. The van der Waals surface area contributed by atoms with Gasteiger partial charge in [-0.25, -0.2) is 0 Å². The Kier molecular flexibility index (Phi) is 5.98. The number of para-hydroxylation sites is 1. The SMILES string of the molecule is CCOc1cccc(C(=O)CCN)c1OCc1ccccc1. The van der Waals surface area contributed by atoms with Gasteiger partial charge in [0.1, 0.15) is 6.61 Å². The molecule has 116 valence electrons. The summed E-state index contributed by atoms with van der Waals surface area (Å²) >= 11 is 0. The Labute approximate surface area is 130 Å². The van der Waals surface area contributed by atoms with E-state index in [2.05, 4.69) is 0 Å². The smallest absolute Gasteiger partial charge is 0.172 e. The van der Waals surface area contributed by atoms with Crippen LogP contribution in [-0.4, -0.2) is 18.9 Å². The van der Waals surface area contributed by atoms with Crippen molar-refractivity contribution in [3.05, 3.63) is 59.7 Å². The first kappa shape index (κ1) is 16.0. The number of carbonyl (C=O) groups is 1. The number of carbonyl (C=O) groups excluding carboxylic acids is 1. The van der Waals surface area contributed by atoms with E-state index < -0.39 is 0 Å². The highest BCUT2D eigenvalue weighted by molar-refractivity contribution is 5.99. The first-order chi connectivity index (χ1) is 10.8. The van der Waals surface area contributed by atoms with Gasteiger partial charge in [-0.2, -0.15) is 0 Å². The number of hydrogen-bond donors (Lipinski definition) is 1. The van der Waals surface area contributed by atoms with Crippen LogP contribution in [0, 0.1) is 0 Å². The Balaban J connectivity index is 2.26. The van der Waals surface area contributed by atoms with Gasteiger partial charge in [0.2, 0.25) is 0 Å². The molecule has 2 rings (SSSR count). The van der Waals surface area contributed by atoms with Crippen molar-refractivity contribution in [2.24, 2.45) is 5.73 Å². The van der Waals surface area contributed by atoms with Crippen LogP contribution in [0.5, 0.6) is 11.5 Å². The van der Waals surface area contributed by atoms with Crippen molar-refractivity contribution in [1.29, 1.82) is 0 Å². The summed E-state index contributed by atoms with van der Waals surface area (Å²) in [5.74, 6) is 1.04. The second kappa shape index (κ2) is 8.20. The van der Waals surface area contributed by atoms with Crippen molar-refractivity contribution >= 4 is 5.78 Å². The fourth-order valence-corrected chi connectivity index (χ4v) is 2.15. The molecule has 0 atom stereocenters. The van der Waals surface area contributed by atoms with Gasteiger partial charge in [-0.05, 0) is 31.2 Å². The molecule has 0 amide bonds. The molecule has 0 fully saturated rings. The first-order valence-corrected chi connectivity index (χ1v) is 7.42. The van der Waals surface area contributed by atoms with Gasteiger partial charge in [0.15, 0.2) is 17.3 Å². The number of ether oxygens (including phenoxy) is 2. The Morgan fingerprint density at radius 3 is 2.50 bits per heavy atom. The molecule has 4 heteroatoms. The monoisotopic (exact) mass is 299 g/mol. The third kappa shape index (κ3) is 4.09. The highest BCUT2D eigenvalue weighted by Gasteiger charge is 2.17. The van der Waals surface area contributed by atoms with Gasteiger partial charge in [0, 0.05) is 6.42 Å². The first-order valence-electron chi connectivity index (χ1n) is 7.42. The molecule has 2 aromatic rings. The van der Waals surface area contributed by atoms with Crippen molar-refractivity contribution in [3.63, 3.8) is 0 Å². The Morgan fingerprint density at radius 2 is 1.82 bits per heavy atom. The number of Topliss-reactive ketones (excluding diaryl/α,β-unsaturated/α-hetero) is 1. The molecule has 0 bridgehead atoms. The maximum atomic E-state index is 12.2. The number of rotatable bonds is 8. The highest BCUT2D eigenvalue weighted by Crippen LogP contribution is 2.33. The summed E-state index contributed by atoms with van der Waals surface area (Å²) in [6.07, 6.45) is 0.289. The minimum absolute atomic E-state index is 0.0351.